The van der Waals surface area contributed by atoms with E-state index in [1.165, 1.54) is 0 Å². The first-order valence-corrected chi connectivity index (χ1v) is 5.49. The van der Waals surface area contributed by atoms with Crippen LogP contribution < -0.4 is 0 Å². The highest BCUT2D eigenvalue weighted by molar-refractivity contribution is 7.45. The molecule has 0 atom stereocenters. The van der Waals surface area contributed by atoms with Gasteiger partial charge in [0.1, 0.15) is 0 Å². The zero-order chi connectivity index (χ0) is 11.8. The molecule has 6 nitrogen and oxygen atoms in total. The van der Waals surface area contributed by atoms with Gasteiger partial charge in [-0.05, 0) is 12.8 Å². The van der Waals surface area contributed by atoms with E-state index in [0.717, 1.165) is 6.42 Å². The molecule has 0 heterocycles. The van der Waals surface area contributed by atoms with Gasteiger partial charge in [0, 0.05) is 5.57 Å². The second kappa shape index (κ2) is 7.70. The molecule has 0 aromatic heterocycles. The first kappa shape index (κ1) is 15.8. The van der Waals surface area contributed by atoms with Crippen molar-refractivity contribution in [3.8, 4) is 0 Å². The SMILES string of the molecule is CC/C=C(/CC)C(=O)O.O=P(O)(O)O. The summed E-state index contributed by atoms with van der Waals surface area (Å²) >= 11 is 0. The lowest BCUT2D eigenvalue weighted by atomic mass is 10.2. The lowest BCUT2D eigenvalue weighted by Gasteiger charge is -1.93. The highest BCUT2D eigenvalue weighted by Gasteiger charge is 2.00. The molecule has 14 heavy (non-hydrogen) atoms. The summed E-state index contributed by atoms with van der Waals surface area (Å²) in [6.07, 6.45) is 3.15. The van der Waals surface area contributed by atoms with Crippen molar-refractivity contribution in [1.29, 1.82) is 0 Å². The fourth-order valence-electron chi connectivity index (χ4n) is 0.629. The first-order valence-electron chi connectivity index (χ1n) is 3.92. The summed E-state index contributed by atoms with van der Waals surface area (Å²) in [6.45, 7) is 3.77. The number of carbonyl (C=O) groups is 1. The Bertz CT molecular complexity index is 232. The van der Waals surface area contributed by atoms with Crippen LogP contribution in [-0.4, -0.2) is 25.8 Å². The van der Waals surface area contributed by atoms with Gasteiger partial charge in [0.05, 0.1) is 0 Å². The van der Waals surface area contributed by atoms with Gasteiger partial charge < -0.3 is 19.8 Å². The molecule has 0 aliphatic rings. The van der Waals surface area contributed by atoms with Crippen LogP contribution in [-0.2, 0) is 9.36 Å². The number of rotatable bonds is 3. The Balaban J connectivity index is 0. The number of carboxylic acid groups (broad SMARTS) is 1. The Labute approximate surface area is 82.1 Å². The minimum atomic E-state index is -4.64. The molecule has 0 aromatic rings. The van der Waals surface area contributed by atoms with E-state index in [-0.39, 0.29) is 0 Å². The summed E-state index contributed by atoms with van der Waals surface area (Å²) in [6, 6.07) is 0. The quantitative estimate of drug-likeness (QED) is 0.419. The molecule has 0 spiro atoms. The van der Waals surface area contributed by atoms with Crippen molar-refractivity contribution in [3.05, 3.63) is 11.6 Å². The maximum absolute atomic E-state index is 10.3. The number of hydrogen-bond donors (Lipinski definition) is 4. The highest BCUT2D eigenvalue weighted by atomic mass is 31.2. The number of carboxylic acids is 1. The van der Waals surface area contributed by atoms with Crippen LogP contribution in [0, 0.1) is 0 Å². The highest BCUT2D eigenvalue weighted by Crippen LogP contribution is 2.25. The van der Waals surface area contributed by atoms with Crippen molar-refractivity contribution in [1.82, 2.24) is 0 Å². The van der Waals surface area contributed by atoms with Crippen LogP contribution in [0.2, 0.25) is 0 Å². The maximum Gasteiger partial charge on any atom is 0.466 e. The second-order valence-corrected chi connectivity index (χ2v) is 3.34. The molecular formula is C7H15O6P. The number of allylic oxidation sites excluding steroid dienone is 1. The van der Waals surface area contributed by atoms with Crippen molar-refractivity contribution in [2.24, 2.45) is 0 Å². The summed E-state index contributed by atoms with van der Waals surface area (Å²) < 4.78 is 8.88. The van der Waals surface area contributed by atoms with Gasteiger partial charge in [0.2, 0.25) is 0 Å². The third-order valence-corrected chi connectivity index (χ3v) is 1.11. The van der Waals surface area contributed by atoms with Crippen molar-refractivity contribution in [3.63, 3.8) is 0 Å². The molecule has 84 valence electrons. The van der Waals surface area contributed by atoms with Gasteiger partial charge in [-0.25, -0.2) is 9.36 Å². The normalized spacial score (nSPS) is 11.6. The summed E-state index contributed by atoms with van der Waals surface area (Å²) in [5.41, 5.74) is 0.512. The van der Waals surface area contributed by atoms with E-state index < -0.39 is 13.8 Å². The summed E-state index contributed by atoms with van der Waals surface area (Å²) in [5, 5.41) is 8.44. The van der Waals surface area contributed by atoms with Crippen LogP contribution in [0.15, 0.2) is 11.6 Å². The lowest BCUT2D eigenvalue weighted by Crippen LogP contribution is -1.98. The summed E-state index contributed by atoms with van der Waals surface area (Å²) in [5.74, 6) is -0.792. The molecule has 0 saturated carbocycles. The van der Waals surface area contributed by atoms with Crippen LogP contribution in [0.4, 0.5) is 0 Å². The number of aliphatic carboxylic acids is 1. The van der Waals surface area contributed by atoms with Crippen molar-refractivity contribution >= 4 is 13.8 Å². The van der Waals surface area contributed by atoms with Crippen LogP contribution >= 0.6 is 7.82 Å². The molecule has 4 N–H and O–H groups in total. The predicted molar refractivity (Wildman–Crippen MR) is 50.6 cm³/mol. The minimum Gasteiger partial charge on any atom is -0.478 e. The van der Waals surface area contributed by atoms with Crippen molar-refractivity contribution in [2.45, 2.75) is 26.7 Å². The zero-order valence-electron chi connectivity index (χ0n) is 8.04. The van der Waals surface area contributed by atoms with Gasteiger partial charge in [0.15, 0.2) is 0 Å². The first-order chi connectivity index (χ1) is 6.22. The summed E-state index contributed by atoms with van der Waals surface area (Å²) in [7, 11) is -4.64. The van der Waals surface area contributed by atoms with Gasteiger partial charge in [-0.2, -0.15) is 0 Å². The van der Waals surface area contributed by atoms with Gasteiger partial charge in [-0.3, -0.25) is 0 Å². The van der Waals surface area contributed by atoms with Crippen LogP contribution in [0.1, 0.15) is 26.7 Å². The Kier molecular flexibility index (Phi) is 8.68. The molecule has 0 rings (SSSR count). The standard InChI is InChI=1S/C7H12O2.H3O4P/c1-3-5-6(4-2)7(8)9;1-5(2,3)4/h5H,3-4H2,1-2H3,(H,8,9);(H3,1,2,3,4)/b6-5-;. The molecule has 0 amide bonds. The van der Waals surface area contributed by atoms with E-state index >= 15 is 0 Å². The van der Waals surface area contributed by atoms with Crippen LogP contribution in [0.25, 0.3) is 0 Å². The average Bonchev–Trinajstić information content (AvgIpc) is 1.96. The molecule has 0 unspecified atom stereocenters. The largest absolute Gasteiger partial charge is 0.478 e. The molecule has 0 aliphatic heterocycles. The molecule has 0 saturated heterocycles. The molecular weight excluding hydrogens is 211 g/mol. The monoisotopic (exact) mass is 226 g/mol. The Hall–Kier alpha value is -0.680. The molecule has 7 heteroatoms. The third kappa shape index (κ3) is 17.4. The fourth-order valence-corrected chi connectivity index (χ4v) is 0.629. The fraction of sp³-hybridized carbons (Fsp3) is 0.571. The van der Waals surface area contributed by atoms with E-state index in [1.54, 1.807) is 6.08 Å². The second-order valence-electron chi connectivity index (χ2n) is 2.31. The van der Waals surface area contributed by atoms with Gasteiger partial charge >= 0.3 is 13.8 Å². The Morgan fingerprint density at radius 2 is 1.64 bits per heavy atom. The van der Waals surface area contributed by atoms with Gasteiger partial charge in [0.25, 0.3) is 0 Å². The molecule has 0 aromatic carbocycles. The minimum absolute atomic E-state index is 0.512. The van der Waals surface area contributed by atoms with Gasteiger partial charge in [-0.1, -0.05) is 19.9 Å². The summed E-state index contributed by atoms with van der Waals surface area (Å²) in [4.78, 5) is 31.8. The maximum atomic E-state index is 10.3. The smallest absolute Gasteiger partial charge is 0.466 e. The molecule has 0 radical (unpaired) electrons. The topological polar surface area (TPSA) is 115 Å². The van der Waals surface area contributed by atoms with Gasteiger partial charge in [-0.15, -0.1) is 0 Å². The number of phosphoric acid groups is 1. The third-order valence-electron chi connectivity index (χ3n) is 1.11. The van der Waals surface area contributed by atoms with Crippen LogP contribution in [0.5, 0.6) is 0 Å². The van der Waals surface area contributed by atoms with Crippen molar-refractivity contribution < 1.29 is 29.1 Å². The Morgan fingerprint density at radius 1 is 1.29 bits per heavy atom. The van der Waals surface area contributed by atoms with E-state index in [4.69, 9.17) is 24.4 Å². The zero-order valence-corrected chi connectivity index (χ0v) is 8.94. The molecule has 0 aliphatic carbocycles. The predicted octanol–water partition coefficient (Wildman–Crippen LogP) is 0.889. The molecule has 0 fully saturated rings. The van der Waals surface area contributed by atoms with E-state index in [9.17, 15) is 4.79 Å². The Morgan fingerprint density at radius 3 is 1.71 bits per heavy atom. The van der Waals surface area contributed by atoms with E-state index in [0.29, 0.717) is 12.0 Å². The number of hydrogen-bond acceptors (Lipinski definition) is 2. The average molecular weight is 226 g/mol. The van der Waals surface area contributed by atoms with Crippen LogP contribution in [0.3, 0.4) is 0 Å². The molecule has 0 bridgehead atoms. The van der Waals surface area contributed by atoms with E-state index in [2.05, 4.69) is 0 Å². The van der Waals surface area contributed by atoms with Crippen molar-refractivity contribution in [2.75, 3.05) is 0 Å². The lowest BCUT2D eigenvalue weighted by molar-refractivity contribution is -0.132. The van der Waals surface area contributed by atoms with E-state index in [1.807, 2.05) is 13.8 Å².